The van der Waals surface area contributed by atoms with Gasteiger partial charge in [0, 0.05) is 12.6 Å². The molecular weight excluding hydrogens is 346 g/mol. The van der Waals surface area contributed by atoms with Crippen molar-refractivity contribution in [2.75, 3.05) is 39.3 Å². The van der Waals surface area contributed by atoms with Crippen LogP contribution in [0.2, 0.25) is 0 Å². The van der Waals surface area contributed by atoms with Crippen LogP contribution in [0.5, 0.6) is 0 Å². The summed E-state index contributed by atoms with van der Waals surface area (Å²) in [7, 11) is -3.43. The van der Waals surface area contributed by atoms with Crippen molar-refractivity contribution in [2.24, 2.45) is 0 Å². The summed E-state index contributed by atoms with van der Waals surface area (Å²) in [4.78, 5) is 2.92. The topological polar surface area (TPSA) is 52.7 Å². The fraction of sp³-hybridized carbons (Fsp3) is 0.700. The smallest absolute Gasteiger partial charge is 0.243 e. The lowest BCUT2D eigenvalue weighted by atomic mass is 10.1. The van der Waals surface area contributed by atoms with Crippen LogP contribution in [0.1, 0.15) is 44.1 Å². The van der Waals surface area contributed by atoms with Crippen LogP contribution in [-0.2, 0) is 10.0 Å². The van der Waals surface area contributed by atoms with Gasteiger partial charge in [-0.05, 0) is 83.9 Å². The molecule has 2 fully saturated rings. The van der Waals surface area contributed by atoms with Gasteiger partial charge in [-0.1, -0.05) is 24.1 Å². The minimum Gasteiger partial charge on any atom is -0.317 e. The molecular formula is C20H33N3O2S. The van der Waals surface area contributed by atoms with Gasteiger partial charge in [0.1, 0.15) is 0 Å². The first kappa shape index (κ1) is 19.8. The molecule has 2 aliphatic rings. The van der Waals surface area contributed by atoms with Gasteiger partial charge in [-0.15, -0.1) is 0 Å². The van der Waals surface area contributed by atoms with E-state index in [9.17, 15) is 8.42 Å². The maximum absolute atomic E-state index is 13.3. The minimum absolute atomic E-state index is 0.115. The maximum atomic E-state index is 13.3. The average Bonchev–Trinajstić information content (AvgIpc) is 2.67. The monoisotopic (exact) mass is 379 g/mol. The number of likely N-dealkylation sites (tertiary alicyclic amines) is 1. The number of rotatable bonds is 7. The van der Waals surface area contributed by atoms with Gasteiger partial charge in [0.25, 0.3) is 0 Å². The van der Waals surface area contributed by atoms with E-state index in [1.165, 1.54) is 19.3 Å². The highest BCUT2D eigenvalue weighted by atomic mass is 32.2. The molecule has 0 spiro atoms. The third kappa shape index (κ3) is 5.06. The fourth-order valence-electron chi connectivity index (χ4n) is 4.07. The molecule has 1 N–H and O–H groups in total. The summed E-state index contributed by atoms with van der Waals surface area (Å²) in [6, 6.07) is 7.40. The number of hydrogen-bond donors (Lipinski definition) is 1. The van der Waals surface area contributed by atoms with Gasteiger partial charge >= 0.3 is 0 Å². The lowest BCUT2D eigenvalue weighted by molar-refractivity contribution is 0.205. The molecule has 3 rings (SSSR count). The predicted molar refractivity (Wildman–Crippen MR) is 106 cm³/mol. The van der Waals surface area contributed by atoms with Gasteiger partial charge in [-0.2, -0.15) is 4.31 Å². The van der Waals surface area contributed by atoms with Crippen LogP contribution < -0.4 is 5.32 Å². The number of sulfonamides is 1. The molecule has 0 bridgehead atoms. The summed E-state index contributed by atoms with van der Waals surface area (Å²) in [6.45, 7) is 7.74. The average molecular weight is 380 g/mol. The van der Waals surface area contributed by atoms with Crippen molar-refractivity contribution in [3.63, 3.8) is 0 Å². The van der Waals surface area contributed by atoms with E-state index in [0.717, 1.165) is 57.5 Å². The molecule has 0 saturated carbocycles. The second kappa shape index (κ2) is 9.31. The Labute approximate surface area is 158 Å². The number of aryl methyl sites for hydroxylation is 1. The van der Waals surface area contributed by atoms with E-state index in [4.69, 9.17) is 0 Å². The molecule has 0 radical (unpaired) electrons. The summed E-state index contributed by atoms with van der Waals surface area (Å²) in [6.07, 6.45) is 6.59. The standard InChI is InChI=1S/C20H33N3O2S/c1-18-6-8-20(9-7-18)26(24,25)23(19-10-12-21-13-11-19)17-5-16-22-14-3-2-4-15-22/h6-9,19,21H,2-5,10-17H2,1H3. The van der Waals surface area contributed by atoms with Crippen molar-refractivity contribution < 1.29 is 8.42 Å². The molecule has 1 aromatic carbocycles. The number of piperidine rings is 2. The van der Waals surface area contributed by atoms with Crippen LogP contribution in [0.25, 0.3) is 0 Å². The van der Waals surface area contributed by atoms with Crippen LogP contribution in [0.3, 0.4) is 0 Å². The molecule has 0 atom stereocenters. The van der Waals surface area contributed by atoms with Gasteiger partial charge in [-0.3, -0.25) is 0 Å². The SMILES string of the molecule is Cc1ccc(S(=O)(=O)N(CCCN2CCCCC2)C2CCNCC2)cc1. The Kier molecular flexibility index (Phi) is 7.09. The van der Waals surface area contributed by atoms with E-state index in [1.54, 1.807) is 16.4 Å². The molecule has 0 aromatic heterocycles. The van der Waals surface area contributed by atoms with Crippen LogP contribution in [0.15, 0.2) is 29.2 Å². The molecule has 2 saturated heterocycles. The first-order valence-corrected chi connectivity index (χ1v) is 11.5. The number of benzene rings is 1. The van der Waals surface area contributed by atoms with Gasteiger partial charge < -0.3 is 10.2 Å². The third-order valence-corrected chi connectivity index (χ3v) is 7.61. The minimum atomic E-state index is -3.43. The van der Waals surface area contributed by atoms with E-state index >= 15 is 0 Å². The molecule has 2 heterocycles. The molecule has 26 heavy (non-hydrogen) atoms. The molecule has 2 aliphatic heterocycles. The molecule has 5 nitrogen and oxygen atoms in total. The predicted octanol–water partition coefficient (Wildman–Crippen LogP) is 2.61. The van der Waals surface area contributed by atoms with Crippen molar-refractivity contribution in [2.45, 2.75) is 56.4 Å². The molecule has 146 valence electrons. The van der Waals surface area contributed by atoms with Crippen molar-refractivity contribution in [3.05, 3.63) is 29.8 Å². The Morgan fingerprint density at radius 1 is 1.08 bits per heavy atom. The maximum Gasteiger partial charge on any atom is 0.243 e. The Bertz CT molecular complexity index is 648. The number of hydrogen-bond acceptors (Lipinski definition) is 4. The molecule has 1 aromatic rings. The first-order valence-electron chi connectivity index (χ1n) is 10.1. The highest BCUT2D eigenvalue weighted by Gasteiger charge is 2.32. The highest BCUT2D eigenvalue weighted by Crippen LogP contribution is 2.23. The van der Waals surface area contributed by atoms with Crippen LogP contribution in [0, 0.1) is 6.92 Å². The Morgan fingerprint density at radius 3 is 2.38 bits per heavy atom. The molecule has 6 heteroatoms. The molecule has 0 amide bonds. The summed E-state index contributed by atoms with van der Waals surface area (Å²) in [5.74, 6) is 0. The summed E-state index contributed by atoms with van der Waals surface area (Å²) >= 11 is 0. The fourth-order valence-corrected chi connectivity index (χ4v) is 5.80. The van der Waals surface area contributed by atoms with Gasteiger partial charge in [0.15, 0.2) is 0 Å². The second-order valence-corrected chi connectivity index (χ2v) is 9.56. The zero-order chi connectivity index (χ0) is 18.4. The van der Waals surface area contributed by atoms with Crippen molar-refractivity contribution >= 4 is 10.0 Å². The van der Waals surface area contributed by atoms with Gasteiger partial charge in [-0.25, -0.2) is 8.42 Å². The largest absolute Gasteiger partial charge is 0.317 e. The van der Waals surface area contributed by atoms with Crippen LogP contribution in [-0.4, -0.2) is 62.9 Å². The van der Waals surface area contributed by atoms with Crippen LogP contribution in [0.4, 0.5) is 0 Å². The number of nitrogens with zero attached hydrogens (tertiary/aromatic N) is 2. The first-order chi connectivity index (χ1) is 12.6. The van der Waals surface area contributed by atoms with E-state index in [1.807, 2.05) is 19.1 Å². The molecule has 0 aliphatic carbocycles. The van der Waals surface area contributed by atoms with E-state index in [0.29, 0.717) is 11.4 Å². The van der Waals surface area contributed by atoms with Crippen molar-refractivity contribution in [1.29, 1.82) is 0 Å². The molecule has 0 unspecified atom stereocenters. The second-order valence-electron chi connectivity index (χ2n) is 7.67. The van der Waals surface area contributed by atoms with Gasteiger partial charge in [0.05, 0.1) is 4.90 Å². The zero-order valence-corrected chi connectivity index (χ0v) is 16.8. The van der Waals surface area contributed by atoms with Gasteiger partial charge in [0.2, 0.25) is 10.0 Å². The van der Waals surface area contributed by atoms with Crippen LogP contribution >= 0.6 is 0 Å². The normalized spacial score (nSPS) is 20.5. The number of nitrogens with one attached hydrogen (secondary N) is 1. The Hall–Kier alpha value is -0.950. The van der Waals surface area contributed by atoms with E-state index in [2.05, 4.69) is 10.2 Å². The van der Waals surface area contributed by atoms with Crippen molar-refractivity contribution in [1.82, 2.24) is 14.5 Å². The zero-order valence-electron chi connectivity index (χ0n) is 16.0. The third-order valence-electron chi connectivity index (χ3n) is 5.65. The van der Waals surface area contributed by atoms with Crippen molar-refractivity contribution in [3.8, 4) is 0 Å². The summed E-state index contributed by atoms with van der Waals surface area (Å²) in [5, 5.41) is 3.35. The Balaban J connectivity index is 1.70. The van der Waals surface area contributed by atoms with E-state index in [-0.39, 0.29) is 6.04 Å². The van der Waals surface area contributed by atoms with E-state index < -0.39 is 10.0 Å². The summed E-state index contributed by atoms with van der Waals surface area (Å²) < 4.78 is 28.4. The summed E-state index contributed by atoms with van der Waals surface area (Å²) in [5.41, 5.74) is 1.09. The highest BCUT2D eigenvalue weighted by molar-refractivity contribution is 7.89. The quantitative estimate of drug-likeness (QED) is 0.791. The Morgan fingerprint density at radius 2 is 1.73 bits per heavy atom. The lowest BCUT2D eigenvalue weighted by Crippen LogP contribution is -2.47. The lowest BCUT2D eigenvalue weighted by Gasteiger charge is -2.34.